The predicted octanol–water partition coefficient (Wildman–Crippen LogP) is 3.19. The Balaban J connectivity index is 1.51. The molecule has 10 nitrogen and oxygen atoms in total. The predicted molar refractivity (Wildman–Crippen MR) is 139 cm³/mol. The normalized spacial score (nSPS) is 19.5. The summed E-state index contributed by atoms with van der Waals surface area (Å²) in [5.41, 5.74) is 3.53. The molecule has 194 valence electrons. The van der Waals surface area contributed by atoms with Crippen LogP contribution in [0, 0.1) is 24.1 Å². The minimum Gasteiger partial charge on any atom is -0.364 e. The van der Waals surface area contributed by atoms with Gasteiger partial charge < -0.3 is 9.47 Å². The first-order valence-electron chi connectivity index (χ1n) is 12.7. The van der Waals surface area contributed by atoms with E-state index in [1.807, 2.05) is 6.07 Å². The van der Waals surface area contributed by atoms with Crippen LogP contribution in [0.4, 0.5) is 10.1 Å². The van der Waals surface area contributed by atoms with Crippen LogP contribution in [-0.4, -0.2) is 59.0 Å². The maximum Gasteiger partial charge on any atom is 0.252 e. The molecule has 3 atom stereocenters. The van der Waals surface area contributed by atoms with Crippen LogP contribution in [0.15, 0.2) is 29.3 Å². The van der Waals surface area contributed by atoms with E-state index in [4.69, 9.17) is 5.26 Å². The van der Waals surface area contributed by atoms with Crippen LogP contribution in [0.25, 0.3) is 16.7 Å². The minimum absolute atomic E-state index is 0.0285. The average Bonchev–Trinajstić information content (AvgIpc) is 3.45. The van der Waals surface area contributed by atoms with Crippen LogP contribution in [0.5, 0.6) is 0 Å². The maximum atomic E-state index is 14.6. The van der Waals surface area contributed by atoms with Crippen molar-refractivity contribution < 1.29 is 4.39 Å². The van der Waals surface area contributed by atoms with Gasteiger partial charge in [0.1, 0.15) is 12.1 Å². The van der Waals surface area contributed by atoms with Crippen molar-refractivity contribution in [3.63, 3.8) is 0 Å². The van der Waals surface area contributed by atoms with Gasteiger partial charge in [0.15, 0.2) is 11.5 Å². The van der Waals surface area contributed by atoms with Crippen LogP contribution in [0.3, 0.4) is 0 Å². The van der Waals surface area contributed by atoms with Crippen molar-refractivity contribution >= 4 is 22.4 Å². The molecule has 0 aromatic carbocycles. The summed E-state index contributed by atoms with van der Waals surface area (Å²) in [5, 5.41) is 18.0. The monoisotopic (exact) mass is 505 g/mol. The van der Waals surface area contributed by atoms with E-state index >= 15 is 0 Å². The molecule has 37 heavy (non-hydrogen) atoms. The van der Waals surface area contributed by atoms with Crippen LogP contribution >= 0.6 is 0 Å². The number of hydrogen-bond acceptors (Lipinski definition) is 7. The van der Waals surface area contributed by atoms with Gasteiger partial charge in [0.25, 0.3) is 5.56 Å². The number of anilines is 1. The topological polar surface area (TPSA) is 100 Å². The first-order chi connectivity index (χ1) is 17.8. The molecule has 0 saturated carbocycles. The number of hydrogen-bond donors (Lipinski definition) is 0. The lowest BCUT2D eigenvalue weighted by molar-refractivity contribution is 0.0992. The average molecular weight is 506 g/mol. The molecule has 0 N–H and O–H groups in total. The quantitative estimate of drug-likeness (QED) is 0.397. The van der Waals surface area contributed by atoms with Gasteiger partial charge in [-0.3, -0.25) is 14.4 Å². The van der Waals surface area contributed by atoms with Gasteiger partial charge >= 0.3 is 0 Å². The van der Waals surface area contributed by atoms with Crippen molar-refractivity contribution in [1.82, 2.24) is 33.8 Å². The Kier molecular flexibility index (Phi) is 6.45. The van der Waals surface area contributed by atoms with Crippen molar-refractivity contribution in [2.45, 2.75) is 65.2 Å². The summed E-state index contributed by atoms with van der Waals surface area (Å²) in [5.74, 6) is -0.386. The zero-order valence-electron chi connectivity index (χ0n) is 21.9. The number of nitriles is 1. The van der Waals surface area contributed by atoms with Gasteiger partial charge in [0.2, 0.25) is 0 Å². The molecule has 0 aliphatic carbocycles. The summed E-state index contributed by atoms with van der Waals surface area (Å²) in [4.78, 5) is 22.3. The van der Waals surface area contributed by atoms with Gasteiger partial charge in [0.05, 0.1) is 34.9 Å². The zero-order valence-corrected chi connectivity index (χ0v) is 21.9. The highest BCUT2D eigenvalue weighted by atomic mass is 19.1. The maximum absolute atomic E-state index is 14.6. The Labute approximate surface area is 214 Å². The summed E-state index contributed by atoms with van der Waals surface area (Å²) >= 11 is 0. The second-order valence-electron chi connectivity index (χ2n) is 9.81. The smallest absolute Gasteiger partial charge is 0.252 e. The third-order valence-electron chi connectivity index (χ3n) is 7.70. The van der Waals surface area contributed by atoms with Gasteiger partial charge in [-0.05, 0) is 32.8 Å². The van der Waals surface area contributed by atoms with E-state index in [2.05, 4.69) is 51.8 Å². The van der Waals surface area contributed by atoms with E-state index in [0.717, 1.165) is 42.8 Å². The summed E-state index contributed by atoms with van der Waals surface area (Å²) < 4.78 is 19.2. The SMILES string of the molecule is CC[C@H]1CN([C@@H](C)c2ccn3nc(C)c(F)c3n2)[C@H](CC)CN1c1cc(=O)n(C)c2cn(CC#N)nc12. The minimum atomic E-state index is -0.386. The fraction of sp³-hybridized carbons (Fsp3) is 0.500. The summed E-state index contributed by atoms with van der Waals surface area (Å²) in [7, 11) is 1.73. The third-order valence-corrected chi connectivity index (χ3v) is 7.70. The molecule has 5 heterocycles. The second-order valence-corrected chi connectivity index (χ2v) is 9.81. The number of aromatic nitrogens is 6. The highest BCUT2D eigenvalue weighted by Crippen LogP contribution is 2.34. The molecule has 4 aromatic rings. The van der Waals surface area contributed by atoms with E-state index in [-0.39, 0.29) is 41.7 Å². The van der Waals surface area contributed by atoms with E-state index in [0.29, 0.717) is 11.2 Å². The number of fused-ring (bicyclic) bond motifs is 2. The highest BCUT2D eigenvalue weighted by molar-refractivity contribution is 5.88. The highest BCUT2D eigenvalue weighted by Gasteiger charge is 2.37. The molecule has 1 aliphatic rings. The molecule has 4 aromatic heterocycles. The standard InChI is InChI=1S/C26H32FN9O/c1-6-18-14-35(21-12-23(37)32(5)22-15-33(11-9-28)31-25(21)22)19(7-2)13-34(18)17(4)20-8-10-36-26(29-20)24(27)16(3)30-36/h8,10,12,15,17-19H,6-7,11,13-14H2,1-5H3/t17-,18+,19-/m0/s1. The summed E-state index contributed by atoms with van der Waals surface area (Å²) in [6.45, 7) is 9.67. The molecule has 1 fully saturated rings. The Morgan fingerprint density at radius 1 is 1.22 bits per heavy atom. The molecule has 0 radical (unpaired) electrons. The van der Waals surface area contributed by atoms with Crippen molar-refractivity contribution in [1.29, 1.82) is 5.26 Å². The largest absolute Gasteiger partial charge is 0.364 e. The molecule has 5 rings (SSSR count). The third kappa shape index (κ3) is 4.15. The van der Waals surface area contributed by atoms with E-state index in [1.54, 1.807) is 41.7 Å². The van der Waals surface area contributed by atoms with Crippen molar-refractivity contribution in [2.75, 3.05) is 18.0 Å². The number of rotatable bonds is 6. The van der Waals surface area contributed by atoms with Gasteiger partial charge in [0, 0.05) is 50.5 Å². The lowest BCUT2D eigenvalue weighted by Crippen LogP contribution is -2.59. The fourth-order valence-corrected chi connectivity index (χ4v) is 5.50. The van der Waals surface area contributed by atoms with Crippen molar-refractivity contribution in [3.05, 3.63) is 52.1 Å². The number of aryl methyl sites for hydroxylation is 2. The molecule has 0 unspecified atom stereocenters. The van der Waals surface area contributed by atoms with Gasteiger partial charge in [-0.2, -0.15) is 15.5 Å². The first kappa shape index (κ1) is 24.9. The molecule has 1 saturated heterocycles. The molecule has 1 aliphatic heterocycles. The molecular weight excluding hydrogens is 473 g/mol. The molecule has 0 spiro atoms. The first-order valence-corrected chi connectivity index (χ1v) is 12.7. The number of nitrogens with zero attached hydrogens (tertiary/aromatic N) is 9. The number of pyridine rings is 1. The van der Waals surface area contributed by atoms with Gasteiger partial charge in [-0.15, -0.1) is 0 Å². The number of piperazine rings is 1. The van der Waals surface area contributed by atoms with E-state index < -0.39 is 0 Å². The summed E-state index contributed by atoms with van der Waals surface area (Å²) in [6.07, 6.45) is 5.31. The molecular formula is C26H32FN9O. The van der Waals surface area contributed by atoms with Crippen LogP contribution in [0.2, 0.25) is 0 Å². The Morgan fingerprint density at radius 2 is 1.97 bits per heavy atom. The van der Waals surface area contributed by atoms with E-state index in [9.17, 15) is 9.18 Å². The van der Waals surface area contributed by atoms with Crippen LogP contribution in [-0.2, 0) is 13.6 Å². The van der Waals surface area contributed by atoms with Crippen LogP contribution in [0.1, 0.15) is 51.0 Å². The van der Waals surface area contributed by atoms with Crippen LogP contribution < -0.4 is 10.5 Å². The molecule has 0 amide bonds. The van der Waals surface area contributed by atoms with Crippen molar-refractivity contribution in [3.8, 4) is 6.07 Å². The molecule has 0 bridgehead atoms. The van der Waals surface area contributed by atoms with Gasteiger partial charge in [-0.25, -0.2) is 13.9 Å². The lowest BCUT2D eigenvalue weighted by Gasteiger charge is -2.49. The number of halogens is 1. The fourth-order valence-electron chi connectivity index (χ4n) is 5.50. The Morgan fingerprint density at radius 3 is 2.68 bits per heavy atom. The van der Waals surface area contributed by atoms with Crippen molar-refractivity contribution in [2.24, 2.45) is 7.05 Å². The lowest BCUT2D eigenvalue weighted by atomic mass is 9.98. The second kappa shape index (κ2) is 9.59. The van der Waals surface area contributed by atoms with Gasteiger partial charge in [-0.1, -0.05) is 13.8 Å². The van der Waals surface area contributed by atoms with E-state index in [1.165, 1.54) is 4.52 Å². The zero-order chi connectivity index (χ0) is 26.4. The molecule has 11 heteroatoms. The Bertz CT molecular complexity index is 1560. The Hall–Kier alpha value is -3.78. The summed E-state index contributed by atoms with van der Waals surface area (Å²) in [6, 6.07) is 6.00.